The molecule has 1 saturated carbocycles. The van der Waals surface area contributed by atoms with Gasteiger partial charge in [0.2, 0.25) is 0 Å². The van der Waals surface area contributed by atoms with Crippen LogP contribution in [0.2, 0.25) is 0 Å². The molecule has 0 aromatic heterocycles. The van der Waals surface area contributed by atoms with Crippen molar-refractivity contribution < 1.29 is 0 Å². The van der Waals surface area contributed by atoms with E-state index in [4.69, 9.17) is 5.26 Å². The van der Waals surface area contributed by atoms with Crippen molar-refractivity contribution in [2.45, 2.75) is 39.5 Å². The monoisotopic (exact) mass is 294 g/mol. The van der Waals surface area contributed by atoms with Gasteiger partial charge in [-0.3, -0.25) is 0 Å². The van der Waals surface area contributed by atoms with Crippen LogP contribution in [0.25, 0.3) is 5.57 Å². The molecule has 1 aliphatic heterocycles. The van der Waals surface area contributed by atoms with Gasteiger partial charge in [0.15, 0.2) is 0 Å². The number of nitrogens with zero attached hydrogens (tertiary/aromatic N) is 2. The molecule has 116 valence electrons. The summed E-state index contributed by atoms with van der Waals surface area (Å²) < 4.78 is 0. The Morgan fingerprint density at radius 1 is 1.32 bits per heavy atom. The lowest BCUT2D eigenvalue weighted by molar-refractivity contribution is 0.218. The highest BCUT2D eigenvalue weighted by Gasteiger charge is 2.41. The van der Waals surface area contributed by atoms with Crippen molar-refractivity contribution in [2.75, 3.05) is 19.6 Å². The molecule has 0 radical (unpaired) electrons. The van der Waals surface area contributed by atoms with Crippen molar-refractivity contribution >= 4 is 5.57 Å². The van der Waals surface area contributed by atoms with Crippen molar-refractivity contribution in [1.29, 1.82) is 5.26 Å². The second-order valence-electron chi connectivity index (χ2n) is 6.85. The normalized spacial score (nSPS) is 25.8. The number of benzene rings is 1. The molecule has 1 aromatic rings. The number of hydrogen-bond acceptors (Lipinski definition) is 2. The third kappa shape index (κ3) is 3.25. The van der Waals surface area contributed by atoms with E-state index < -0.39 is 0 Å². The first-order valence-electron chi connectivity index (χ1n) is 8.62. The van der Waals surface area contributed by atoms with Crippen molar-refractivity contribution in [1.82, 2.24) is 4.90 Å². The molecule has 0 amide bonds. The maximum atomic E-state index is 9.15. The predicted molar refractivity (Wildman–Crippen MR) is 91.4 cm³/mol. The first-order chi connectivity index (χ1) is 10.7. The van der Waals surface area contributed by atoms with Gasteiger partial charge in [-0.15, -0.1) is 0 Å². The molecule has 1 saturated heterocycles. The highest BCUT2D eigenvalue weighted by atomic mass is 15.1. The van der Waals surface area contributed by atoms with Gasteiger partial charge in [0.05, 0.1) is 11.6 Å². The van der Waals surface area contributed by atoms with Gasteiger partial charge in [0.25, 0.3) is 0 Å². The summed E-state index contributed by atoms with van der Waals surface area (Å²) in [6.07, 6.45) is 7.73. The van der Waals surface area contributed by atoms with E-state index in [2.05, 4.69) is 43.0 Å². The average molecular weight is 294 g/mol. The molecule has 2 heteroatoms. The van der Waals surface area contributed by atoms with E-state index >= 15 is 0 Å². The minimum Gasteiger partial charge on any atom is -0.303 e. The van der Waals surface area contributed by atoms with Crippen LogP contribution in [-0.2, 0) is 0 Å². The predicted octanol–water partition coefficient (Wildman–Crippen LogP) is 4.39. The lowest BCUT2D eigenvalue weighted by Crippen LogP contribution is -2.31. The summed E-state index contributed by atoms with van der Waals surface area (Å²) in [5, 5.41) is 9.15. The summed E-state index contributed by atoms with van der Waals surface area (Å²) in [7, 11) is 0. The van der Waals surface area contributed by atoms with Crippen molar-refractivity contribution in [3.8, 4) is 6.07 Å². The Bertz CT molecular complexity index is 603. The maximum absolute atomic E-state index is 9.15. The fourth-order valence-corrected chi connectivity index (χ4v) is 3.88. The number of rotatable bonds is 4. The zero-order valence-electron chi connectivity index (χ0n) is 13.8. The van der Waals surface area contributed by atoms with Crippen LogP contribution >= 0.6 is 0 Å². The van der Waals surface area contributed by atoms with Crippen molar-refractivity contribution in [3.05, 3.63) is 41.0 Å². The third-order valence-corrected chi connectivity index (χ3v) is 5.25. The molecular weight excluding hydrogens is 268 g/mol. The molecule has 3 rings (SSSR count). The van der Waals surface area contributed by atoms with E-state index in [9.17, 15) is 0 Å². The summed E-state index contributed by atoms with van der Waals surface area (Å²) in [5.41, 5.74) is 4.80. The third-order valence-electron chi connectivity index (χ3n) is 5.25. The van der Waals surface area contributed by atoms with Crippen LogP contribution in [0, 0.1) is 30.1 Å². The highest BCUT2D eigenvalue weighted by Crippen LogP contribution is 2.49. The molecular formula is C20H26N2. The smallest absolute Gasteiger partial charge is 0.0991 e. The minimum atomic E-state index is 0.694. The number of hydrogen-bond donors (Lipinski definition) is 0. The molecule has 2 unspecified atom stereocenters. The molecule has 1 aliphatic carbocycles. The summed E-state index contributed by atoms with van der Waals surface area (Å²) >= 11 is 0. The number of piperidine rings is 1. The summed E-state index contributed by atoms with van der Waals surface area (Å²) in [6, 6.07) is 8.35. The zero-order valence-corrected chi connectivity index (χ0v) is 13.8. The molecule has 0 N–H and O–H groups in total. The molecule has 2 nitrogen and oxygen atoms in total. The van der Waals surface area contributed by atoms with Crippen LogP contribution in [0.5, 0.6) is 0 Å². The van der Waals surface area contributed by atoms with Crippen molar-refractivity contribution in [2.24, 2.45) is 11.8 Å². The number of aryl methyl sites for hydroxylation is 1. The number of nitriles is 1. The van der Waals surface area contributed by atoms with Gasteiger partial charge in [0.1, 0.15) is 0 Å². The molecule has 0 spiro atoms. The van der Waals surface area contributed by atoms with Crippen LogP contribution in [0.15, 0.2) is 24.3 Å². The lowest BCUT2D eigenvalue weighted by Gasteiger charge is -2.26. The topological polar surface area (TPSA) is 27.0 Å². The van der Waals surface area contributed by atoms with Gasteiger partial charge in [0, 0.05) is 6.54 Å². The van der Waals surface area contributed by atoms with Crippen LogP contribution in [0.4, 0.5) is 0 Å². The molecule has 1 aromatic carbocycles. The lowest BCUT2D eigenvalue weighted by atomic mass is 9.94. The standard InChI is InChI=1S/C20H26N2/c1-3-18(19-11-16(13-21)8-7-15(19)2)20-12-17(20)14-22-9-5-4-6-10-22/h3,7-8,11,17,20H,4-6,9-10,12,14H2,1-2H3/b18-3+. The van der Waals surface area contributed by atoms with Gasteiger partial charge in [-0.2, -0.15) is 5.26 Å². The van der Waals surface area contributed by atoms with Gasteiger partial charge in [-0.1, -0.05) is 18.6 Å². The number of allylic oxidation sites excluding steroid dienone is 2. The second kappa shape index (κ2) is 6.67. The Kier molecular flexibility index (Phi) is 4.64. The van der Waals surface area contributed by atoms with Crippen molar-refractivity contribution in [3.63, 3.8) is 0 Å². The summed E-state index contributed by atoms with van der Waals surface area (Å²) in [4.78, 5) is 2.65. The first kappa shape index (κ1) is 15.3. The Morgan fingerprint density at radius 2 is 2.09 bits per heavy atom. The first-order valence-corrected chi connectivity index (χ1v) is 8.62. The van der Waals surface area contributed by atoms with E-state index in [0.29, 0.717) is 5.92 Å². The Morgan fingerprint density at radius 3 is 2.77 bits per heavy atom. The summed E-state index contributed by atoms with van der Waals surface area (Å²) in [6.45, 7) is 8.14. The Balaban J connectivity index is 1.70. The van der Waals surface area contributed by atoms with E-state index in [0.717, 1.165) is 11.5 Å². The quantitative estimate of drug-likeness (QED) is 0.823. The van der Waals surface area contributed by atoms with Crippen LogP contribution in [0.3, 0.4) is 0 Å². The van der Waals surface area contributed by atoms with E-state index in [1.807, 2.05) is 6.07 Å². The molecule has 0 bridgehead atoms. The molecule has 1 heterocycles. The molecule has 22 heavy (non-hydrogen) atoms. The van der Waals surface area contributed by atoms with Crippen LogP contribution in [-0.4, -0.2) is 24.5 Å². The molecule has 2 aliphatic rings. The van der Waals surface area contributed by atoms with E-state index in [-0.39, 0.29) is 0 Å². The largest absolute Gasteiger partial charge is 0.303 e. The van der Waals surface area contributed by atoms with Gasteiger partial charge in [-0.05, 0) is 86.9 Å². The van der Waals surface area contributed by atoms with Crippen LogP contribution < -0.4 is 0 Å². The Labute approximate surface area is 134 Å². The zero-order chi connectivity index (χ0) is 15.5. The van der Waals surface area contributed by atoms with Gasteiger partial charge < -0.3 is 4.90 Å². The number of likely N-dealkylation sites (tertiary alicyclic amines) is 1. The van der Waals surface area contributed by atoms with Gasteiger partial charge in [-0.25, -0.2) is 0 Å². The molecule has 2 atom stereocenters. The van der Waals surface area contributed by atoms with E-state index in [1.165, 1.54) is 62.0 Å². The minimum absolute atomic E-state index is 0.694. The fraction of sp³-hybridized carbons (Fsp3) is 0.550. The highest BCUT2D eigenvalue weighted by molar-refractivity contribution is 5.72. The SMILES string of the molecule is C/C=C(\c1cc(C#N)ccc1C)C1CC1CN1CCCCC1. The molecule has 2 fully saturated rings. The Hall–Kier alpha value is -1.59. The van der Waals surface area contributed by atoms with Gasteiger partial charge >= 0.3 is 0 Å². The average Bonchev–Trinajstić information content (AvgIpc) is 3.29. The maximum Gasteiger partial charge on any atom is 0.0991 e. The second-order valence-corrected chi connectivity index (χ2v) is 6.85. The van der Waals surface area contributed by atoms with E-state index in [1.54, 1.807) is 0 Å². The summed E-state index contributed by atoms with van der Waals surface area (Å²) in [5.74, 6) is 1.51. The fourth-order valence-electron chi connectivity index (χ4n) is 3.88. The van der Waals surface area contributed by atoms with Crippen LogP contribution in [0.1, 0.15) is 49.3 Å².